The van der Waals surface area contributed by atoms with E-state index in [-0.39, 0.29) is 0 Å². The van der Waals surface area contributed by atoms with Crippen molar-refractivity contribution in [3.63, 3.8) is 0 Å². The second-order valence-electron chi connectivity index (χ2n) is 6.20. The van der Waals surface area contributed by atoms with Gasteiger partial charge in [-0.15, -0.1) is 0 Å². The highest BCUT2D eigenvalue weighted by molar-refractivity contribution is 6.03. The van der Waals surface area contributed by atoms with Crippen LogP contribution in [0.15, 0.2) is 12.1 Å². The zero-order chi connectivity index (χ0) is 19.6. The first-order valence-electron chi connectivity index (χ1n) is 8.22. The molecule has 2 rings (SSSR count). The van der Waals surface area contributed by atoms with Crippen molar-refractivity contribution >= 4 is 12.3 Å². The number of benzene rings is 2. The molecule has 0 radical (unpaired) electrons. The van der Waals surface area contributed by atoms with E-state index in [9.17, 15) is 9.59 Å². The average Bonchev–Trinajstić information content (AvgIpc) is 2.61. The monoisotopic (exact) mass is 356 g/mol. The van der Waals surface area contributed by atoms with E-state index in [1.165, 1.54) is 7.11 Å². The van der Waals surface area contributed by atoms with E-state index in [4.69, 9.17) is 14.2 Å². The van der Waals surface area contributed by atoms with Crippen LogP contribution in [0.2, 0.25) is 0 Å². The number of hydrogen-bond acceptors (Lipinski definition) is 5. The molecule has 0 N–H and O–H groups in total. The third kappa shape index (κ3) is 3.05. The predicted molar refractivity (Wildman–Crippen MR) is 101 cm³/mol. The maximum atomic E-state index is 12.5. The number of ether oxygens (including phenoxy) is 3. The van der Waals surface area contributed by atoms with Gasteiger partial charge < -0.3 is 14.2 Å². The van der Waals surface area contributed by atoms with Gasteiger partial charge in [-0.25, -0.2) is 4.79 Å². The minimum absolute atomic E-state index is 0.389. The third-order valence-corrected chi connectivity index (χ3v) is 4.63. The van der Waals surface area contributed by atoms with Gasteiger partial charge in [0.25, 0.3) is 0 Å². The molecule has 0 heterocycles. The Balaban J connectivity index is 3.05. The molecular formula is C21H24O5. The summed E-state index contributed by atoms with van der Waals surface area (Å²) in [5.41, 5.74) is 5.38. The van der Waals surface area contributed by atoms with E-state index in [0.717, 1.165) is 28.5 Å². The fraction of sp³-hybridized carbons (Fsp3) is 0.333. The highest BCUT2D eigenvalue weighted by Gasteiger charge is 2.25. The lowest BCUT2D eigenvalue weighted by molar-refractivity contribution is 0.0601. The largest absolute Gasteiger partial charge is 0.496 e. The number of rotatable bonds is 5. The summed E-state index contributed by atoms with van der Waals surface area (Å²) in [6, 6.07) is 3.49. The molecule has 2 aromatic rings. The average molecular weight is 356 g/mol. The van der Waals surface area contributed by atoms with E-state index < -0.39 is 5.97 Å². The van der Waals surface area contributed by atoms with E-state index in [0.29, 0.717) is 33.8 Å². The van der Waals surface area contributed by atoms with Gasteiger partial charge in [0.1, 0.15) is 11.5 Å². The van der Waals surface area contributed by atoms with Crippen molar-refractivity contribution in [3.05, 3.63) is 45.5 Å². The van der Waals surface area contributed by atoms with Gasteiger partial charge in [0.2, 0.25) is 0 Å². The molecule has 0 aliphatic rings. The fourth-order valence-corrected chi connectivity index (χ4v) is 3.61. The van der Waals surface area contributed by atoms with Crippen molar-refractivity contribution in [1.29, 1.82) is 0 Å². The Morgan fingerprint density at radius 1 is 0.846 bits per heavy atom. The summed E-state index contributed by atoms with van der Waals surface area (Å²) in [7, 11) is 4.51. The number of aryl methyl sites for hydroxylation is 2. The van der Waals surface area contributed by atoms with Gasteiger partial charge in [-0.05, 0) is 56.5 Å². The maximum absolute atomic E-state index is 12.5. The van der Waals surface area contributed by atoms with Crippen LogP contribution >= 0.6 is 0 Å². The minimum atomic E-state index is -0.468. The summed E-state index contributed by atoms with van der Waals surface area (Å²) in [6.45, 7) is 7.49. The first-order chi connectivity index (χ1) is 12.3. The van der Waals surface area contributed by atoms with E-state index >= 15 is 0 Å². The Kier molecular flexibility index (Phi) is 5.70. The van der Waals surface area contributed by atoms with Gasteiger partial charge >= 0.3 is 5.97 Å². The van der Waals surface area contributed by atoms with Crippen molar-refractivity contribution in [2.45, 2.75) is 27.7 Å². The molecule has 5 nitrogen and oxygen atoms in total. The number of carbonyl (C=O) groups excluding carboxylic acids is 2. The van der Waals surface area contributed by atoms with Gasteiger partial charge in [0.05, 0.1) is 26.9 Å². The van der Waals surface area contributed by atoms with Gasteiger partial charge in [-0.2, -0.15) is 0 Å². The van der Waals surface area contributed by atoms with Crippen LogP contribution in [0, 0.1) is 27.7 Å². The van der Waals surface area contributed by atoms with Crippen molar-refractivity contribution in [3.8, 4) is 22.6 Å². The van der Waals surface area contributed by atoms with Crippen LogP contribution in [0.1, 0.15) is 43.0 Å². The van der Waals surface area contributed by atoms with Crippen LogP contribution in [-0.4, -0.2) is 33.6 Å². The highest BCUT2D eigenvalue weighted by atomic mass is 16.5. The standard InChI is InChI=1S/C21H24O5/c1-11-8-15(10-22)17(13(3)19(11)24-5)18-14(4)20(25-6)12(2)9-16(18)21(23)26-7/h8-10H,1-7H3. The summed E-state index contributed by atoms with van der Waals surface area (Å²) in [6.07, 6.45) is 0.793. The number of hydrogen-bond donors (Lipinski definition) is 0. The van der Waals surface area contributed by atoms with Crippen molar-refractivity contribution in [1.82, 2.24) is 0 Å². The minimum Gasteiger partial charge on any atom is -0.496 e. The van der Waals surface area contributed by atoms with Crippen molar-refractivity contribution < 1.29 is 23.8 Å². The Morgan fingerprint density at radius 2 is 1.35 bits per heavy atom. The molecule has 0 aromatic heterocycles. The second kappa shape index (κ2) is 7.60. The van der Waals surface area contributed by atoms with Crippen molar-refractivity contribution in [2.24, 2.45) is 0 Å². The number of methoxy groups -OCH3 is 3. The molecule has 0 aliphatic heterocycles. The van der Waals surface area contributed by atoms with Gasteiger partial charge in [-0.3, -0.25) is 4.79 Å². The molecule has 0 amide bonds. The van der Waals surface area contributed by atoms with Gasteiger partial charge in [0, 0.05) is 22.3 Å². The quantitative estimate of drug-likeness (QED) is 0.593. The van der Waals surface area contributed by atoms with Crippen LogP contribution in [0.5, 0.6) is 11.5 Å². The molecular weight excluding hydrogens is 332 g/mol. The van der Waals surface area contributed by atoms with Crippen LogP contribution < -0.4 is 9.47 Å². The van der Waals surface area contributed by atoms with Crippen LogP contribution in [0.3, 0.4) is 0 Å². The van der Waals surface area contributed by atoms with Crippen LogP contribution in [0.4, 0.5) is 0 Å². The topological polar surface area (TPSA) is 61.8 Å². The van der Waals surface area contributed by atoms with Gasteiger partial charge in [-0.1, -0.05) is 0 Å². The lowest BCUT2D eigenvalue weighted by atomic mass is 9.86. The van der Waals surface area contributed by atoms with Crippen molar-refractivity contribution in [2.75, 3.05) is 21.3 Å². The number of carbonyl (C=O) groups is 2. The summed E-state index contributed by atoms with van der Waals surface area (Å²) < 4.78 is 16.0. The van der Waals surface area contributed by atoms with Gasteiger partial charge in [0.15, 0.2) is 6.29 Å². The maximum Gasteiger partial charge on any atom is 0.338 e. The third-order valence-electron chi connectivity index (χ3n) is 4.63. The highest BCUT2D eigenvalue weighted by Crippen LogP contribution is 2.42. The summed E-state index contributed by atoms with van der Waals surface area (Å²) >= 11 is 0. The van der Waals surface area contributed by atoms with Crippen LogP contribution in [-0.2, 0) is 4.74 Å². The van der Waals surface area contributed by atoms with E-state index in [1.54, 1.807) is 26.4 Å². The number of aldehydes is 1. The molecule has 0 saturated heterocycles. The summed E-state index contributed by atoms with van der Waals surface area (Å²) in [4.78, 5) is 24.3. The zero-order valence-corrected chi connectivity index (χ0v) is 16.3. The zero-order valence-electron chi connectivity index (χ0n) is 16.3. The number of esters is 1. The fourth-order valence-electron chi connectivity index (χ4n) is 3.61. The normalized spacial score (nSPS) is 10.4. The lowest BCUT2D eigenvalue weighted by Gasteiger charge is -2.22. The smallest absolute Gasteiger partial charge is 0.338 e. The first-order valence-corrected chi connectivity index (χ1v) is 8.22. The van der Waals surface area contributed by atoms with Crippen LogP contribution in [0.25, 0.3) is 11.1 Å². The Labute approximate surface area is 153 Å². The Hall–Kier alpha value is -2.82. The summed E-state index contributed by atoms with van der Waals surface area (Å²) in [5, 5.41) is 0. The second-order valence-corrected chi connectivity index (χ2v) is 6.20. The molecule has 5 heteroatoms. The molecule has 138 valence electrons. The Bertz CT molecular complexity index is 881. The molecule has 0 saturated carbocycles. The SMILES string of the molecule is COC(=O)c1cc(C)c(OC)c(C)c1-c1c(C=O)cc(C)c(OC)c1C. The molecule has 0 unspecified atom stereocenters. The lowest BCUT2D eigenvalue weighted by Crippen LogP contribution is -2.09. The molecule has 0 aliphatic carbocycles. The summed E-state index contributed by atoms with van der Waals surface area (Å²) in [5.74, 6) is 0.883. The predicted octanol–water partition coefficient (Wildman–Crippen LogP) is 4.20. The van der Waals surface area contributed by atoms with E-state index in [1.807, 2.05) is 27.7 Å². The molecule has 0 bridgehead atoms. The molecule has 0 fully saturated rings. The molecule has 2 aromatic carbocycles. The van der Waals surface area contributed by atoms with E-state index in [2.05, 4.69) is 0 Å². The molecule has 0 spiro atoms. The molecule has 26 heavy (non-hydrogen) atoms. The first kappa shape index (κ1) is 19.5. The Morgan fingerprint density at radius 3 is 1.81 bits per heavy atom. The molecule has 0 atom stereocenters.